The summed E-state index contributed by atoms with van der Waals surface area (Å²) < 4.78 is 62.3. The normalized spacial score (nSPS) is 13.7. The molecule has 3 unspecified atom stereocenters. The van der Waals surface area contributed by atoms with E-state index in [9.17, 15) is 27.2 Å². The minimum Gasteiger partial charge on any atom is -0.456 e. The molecule has 1 aromatic heterocycles. The minimum absolute atomic E-state index is 0.0237. The molecule has 0 N–H and O–H groups in total. The average Bonchev–Trinajstić information content (AvgIpc) is 3.48. The van der Waals surface area contributed by atoms with Crippen LogP contribution in [-0.4, -0.2) is 41.0 Å². The molecule has 0 aliphatic rings. The summed E-state index contributed by atoms with van der Waals surface area (Å²) >= 11 is 0. The summed E-state index contributed by atoms with van der Waals surface area (Å²) in [6.07, 6.45) is -5.59. The smallest absolute Gasteiger partial charge is 0.332 e. The maximum Gasteiger partial charge on any atom is 0.332 e. The van der Waals surface area contributed by atoms with Crippen LogP contribution in [0.3, 0.4) is 0 Å². The number of ketones is 1. The molecule has 0 aliphatic heterocycles. The molecule has 0 amide bonds. The first-order valence-electron chi connectivity index (χ1n) is 19.0. The first-order valence-corrected chi connectivity index (χ1v) is 19.0. The molecule has 0 bridgehead atoms. The van der Waals surface area contributed by atoms with E-state index in [1.165, 1.54) is 18.2 Å². The van der Waals surface area contributed by atoms with Crippen molar-refractivity contribution in [3.63, 3.8) is 0 Å². The number of carbonyl (C=O) groups is 2. The Hall–Kier alpha value is -5.51. The summed E-state index contributed by atoms with van der Waals surface area (Å²) in [5.41, 5.74) is 6.42. The van der Waals surface area contributed by atoms with Crippen LogP contribution in [0, 0.1) is 26.7 Å². The number of carbonyl (C=O) groups excluding carboxylic acids is 2. The number of alkyl halides is 4. The highest BCUT2D eigenvalue weighted by molar-refractivity contribution is 6.27. The van der Waals surface area contributed by atoms with Crippen molar-refractivity contribution in [1.82, 2.24) is 4.57 Å². The van der Waals surface area contributed by atoms with Gasteiger partial charge in [-0.1, -0.05) is 98.4 Å². The lowest BCUT2D eigenvalue weighted by atomic mass is 9.89. The topological polar surface area (TPSA) is 69.9 Å². The van der Waals surface area contributed by atoms with Crippen LogP contribution in [-0.2, 0) is 16.2 Å². The predicted octanol–water partition coefficient (Wildman–Crippen LogP) is 11.9. The lowest BCUT2D eigenvalue weighted by Gasteiger charge is -2.19. The fourth-order valence-corrected chi connectivity index (χ4v) is 7.77. The second kappa shape index (κ2) is 17.1. The Kier molecular flexibility index (Phi) is 12.3. The number of rotatable bonds is 15. The van der Waals surface area contributed by atoms with Gasteiger partial charge in [0.1, 0.15) is 11.5 Å². The number of oxime groups is 1. The molecule has 10 heteroatoms. The first-order chi connectivity index (χ1) is 26.8. The van der Waals surface area contributed by atoms with Gasteiger partial charge in [0.05, 0.1) is 5.52 Å². The zero-order valence-corrected chi connectivity index (χ0v) is 32.5. The van der Waals surface area contributed by atoms with Crippen molar-refractivity contribution < 1.29 is 36.7 Å². The average molecular weight is 767 g/mol. The Morgan fingerprint density at radius 1 is 0.786 bits per heavy atom. The molecule has 6 rings (SSSR count). The summed E-state index contributed by atoms with van der Waals surface area (Å²) in [4.78, 5) is 31.8. The first kappa shape index (κ1) is 40.2. The van der Waals surface area contributed by atoms with Crippen LogP contribution in [0.15, 0.2) is 90.1 Å². The van der Waals surface area contributed by atoms with E-state index in [1.807, 2.05) is 75.4 Å². The summed E-state index contributed by atoms with van der Waals surface area (Å²) in [5.74, 6) is -0.736. The number of hydrogen-bond acceptors (Lipinski definition) is 5. The Bertz CT molecular complexity index is 2430. The van der Waals surface area contributed by atoms with Crippen molar-refractivity contribution in [2.24, 2.45) is 11.1 Å². The summed E-state index contributed by atoms with van der Waals surface area (Å²) in [7, 11) is 0. The van der Waals surface area contributed by atoms with E-state index in [2.05, 4.69) is 23.6 Å². The van der Waals surface area contributed by atoms with E-state index in [-0.39, 0.29) is 22.8 Å². The van der Waals surface area contributed by atoms with Gasteiger partial charge in [-0.25, -0.2) is 18.0 Å². The fourth-order valence-electron chi connectivity index (χ4n) is 7.77. The molecule has 0 aliphatic carbocycles. The highest BCUT2D eigenvalue weighted by atomic mass is 19.3. The summed E-state index contributed by atoms with van der Waals surface area (Å²) in [5, 5.41) is 7.46. The van der Waals surface area contributed by atoms with Crippen molar-refractivity contribution in [1.29, 1.82) is 0 Å². The number of halogens is 4. The van der Waals surface area contributed by atoms with Gasteiger partial charge in [0.25, 0.3) is 12.8 Å². The quantitative estimate of drug-likeness (QED) is 0.0343. The van der Waals surface area contributed by atoms with E-state index in [0.29, 0.717) is 22.6 Å². The van der Waals surface area contributed by atoms with Gasteiger partial charge in [0, 0.05) is 57.4 Å². The maximum atomic E-state index is 14.7. The monoisotopic (exact) mass is 766 g/mol. The van der Waals surface area contributed by atoms with Gasteiger partial charge < -0.3 is 14.1 Å². The molecule has 6 aromatic rings. The number of nitrogens with zero attached hydrogens (tertiary/aromatic N) is 2. The van der Waals surface area contributed by atoms with Gasteiger partial charge in [-0.15, -0.1) is 0 Å². The SMILES string of the molecule is CCCCC(CC)Cn1c2ccc(C(=NOC(C)=O)c3ccccc3OC(F)C(F)C(F)F)cc2c2cc(C(=O)c3c(C)cc(C)cc3C)c3ccccc3c21. The number of unbranched alkanes of at least 4 members (excludes halogenated alkanes) is 1. The van der Waals surface area contributed by atoms with Gasteiger partial charge >= 0.3 is 5.97 Å². The van der Waals surface area contributed by atoms with Crippen molar-refractivity contribution in [3.8, 4) is 5.75 Å². The number of benzene rings is 5. The van der Waals surface area contributed by atoms with Gasteiger partial charge in [-0.05, 0) is 80.0 Å². The lowest BCUT2D eigenvalue weighted by Crippen LogP contribution is -2.30. The van der Waals surface area contributed by atoms with E-state index in [1.54, 1.807) is 12.1 Å². The number of fused-ring (bicyclic) bond motifs is 5. The summed E-state index contributed by atoms with van der Waals surface area (Å²) in [6, 6.07) is 25.3. The van der Waals surface area contributed by atoms with Crippen LogP contribution in [0.1, 0.15) is 90.2 Å². The highest BCUT2D eigenvalue weighted by Crippen LogP contribution is 2.40. The zero-order chi connectivity index (χ0) is 40.3. The zero-order valence-electron chi connectivity index (χ0n) is 32.5. The Labute approximate surface area is 324 Å². The molecule has 0 radical (unpaired) electrons. The molecule has 5 aromatic carbocycles. The Balaban J connectivity index is 1.64. The molecular formula is C46H46F4N2O4. The number of hydrogen-bond donors (Lipinski definition) is 0. The standard InChI is InChI=1S/C46H46F4N2O4/c1-7-9-14-30(8-2)25-52-38-20-19-31(42(51-56-29(6)53)34-17-12-13-18-39(34)55-46(50)41(47)45(48)49)23-35(38)36-24-37(32-15-10-11-16-33(32)43(36)52)44(54)40-27(4)21-26(3)22-28(40)5/h10-13,15-24,30,41,45-46H,7-9,14,25H2,1-6H3. The number of ether oxygens (including phenoxy) is 1. The second-order valence-corrected chi connectivity index (χ2v) is 14.5. The highest BCUT2D eigenvalue weighted by Gasteiger charge is 2.32. The van der Waals surface area contributed by atoms with Crippen LogP contribution in [0.25, 0.3) is 32.6 Å². The molecule has 56 heavy (non-hydrogen) atoms. The Morgan fingerprint density at radius 3 is 2.12 bits per heavy atom. The number of para-hydroxylation sites is 1. The number of aryl methyl sites for hydroxylation is 3. The number of aromatic nitrogens is 1. The third-order valence-electron chi connectivity index (χ3n) is 10.4. The molecule has 3 atom stereocenters. The molecule has 292 valence electrons. The fraction of sp³-hybridized carbons (Fsp3) is 0.326. The van der Waals surface area contributed by atoms with Crippen LogP contribution >= 0.6 is 0 Å². The lowest BCUT2D eigenvalue weighted by molar-refractivity contribution is -0.140. The Morgan fingerprint density at radius 2 is 1.46 bits per heavy atom. The van der Waals surface area contributed by atoms with Gasteiger partial charge in [0.2, 0.25) is 6.17 Å². The van der Waals surface area contributed by atoms with Gasteiger partial charge in [-0.3, -0.25) is 4.79 Å². The maximum absolute atomic E-state index is 14.7. The van der Waals surface area contributed by atoms with E-state index in [4.69, 9.17) is 9.57 Å². The molecule has 0 saturated carbocycles. The van der Waals surface area contributed by atoms with Crippen LogP contribution < -0.4 is 4.74 Å². The second-order valence-electron chi connectivity index (χ2n) is 14.5. The van der Waals surface area contributed by atoms with E-state index in [0.717, 1.165) is 88.4 Å². The minimum atomic E-state index is -3.60. The molecular weight excluding hydrogens is 721 g/mol. The molecule has 6 nitrogen and oxygen atoms in total. The predicted molar refractivity (Wildman–Crippen MR) is 215 cm³/mol. The van der Waals surface area contributed by atoms with E-state index < -0.39 is 24.9 Å². The molecule has 1 heterocycles. The van der Waals surface area contributed by atoms with Crippen LogP contribution in [0.5, 0.6) is 5.75 Å². The molecule has 0 fully saturated rings. The molecule has 0 saturated heterocycles. The van der Waals surface area contributed by atoms with Crippen molar-refractivity contribution in [2.45, 2.75) is 92.7 Å². The van der Waals surface area contributed by atoms with Crippen molar-refractivity contribution in [2.75, 3.05) is 0 Å². The van der Waals surface area contributed by atoms with Gasteiger partial charge in [0.15, 0.2) is 5.78 Å². The third kappa shape index (κ3) is 8.06. The third-order valence-corrected chi connectivity index (χ3v) is 10.4. The molecule has 0 spiro atoms. The largest absolute Gasteiger partial charge is 0.456 e. The van der Waals surface area contributed by atoms with Crippen LogP contribution in [0.2, 0.25) is 0 Å². The summed E-state index contributed by atoms with van der Waals surface area (Å²) in [6.45, 7) is 12.2. The van der Waals surface area contributed by atoms with Gasteiger partial charge in [-0.2, -0.15) is 4.39 Å². The van der Waals surface area contributed by atoms with Crippen LogP contribution in [0.4, 0.5) is 17.6 Å². The van der Waals surface area contributed by atoms with Crippen molar-refractivity contribution in [3.05, 3.63) is 124 Å². The van der Waals surface area contributed by atoms with Crippen molar-refractivity contribution >= 4 is 50.0 Å². The van der Waals surface area contributed by atoms with E-state index >= 15 is 0 Å².